The van der Waals surface area contributed by atoms with Crippen molar-refractivity contribution in [2.75, 3.05) is 11.5 Å². The van der Waals surface area contributed by atoms with E-state index < -0.39 is 106 Å². The van der Waals surface area contributed by atoms with Crippen LogP contribution in [0.4, 0.5) is 18.9 Å². The number of para-hydroxylation sites is 2. The standard InChI is InChI=1S/C28H19ClN4O5S.C25H16ClF3N4O6S.C17H11ClN4O4.C17H15ClN2O5/c1-32-23-13-11-18(29)15-21(23)24(33-27(35)20-8-4-5-9-22(20)30-28(33)36)25(32)26(34)31-39(37,38)19-12-10-16-6-2-3-7-17(16)14-19;1-32-19-11-6-13(26)12-17(19)20(33-23(35)16-4-2-3-5-18(16)30-24(33)36)21(32)22(34)31-40(37,38)15-9-7-14(8-10-15)39-25(27,28)29;1-21-11-5-4-8(18)7-9(11)13(14(21)16(24)25)22-15(23)12-10(20-17(22)26)3-2-6-19-12;1-3-25-10-7-13(21)20(14(22)8-10)15-11-6-9(18)4-5-12(11)19(2)16(15)17(23)24/h2-15H,1H3,(H,30,36)(H,31,34);2-12H,1H3,(H,30,36)(H,31,34);2-7H,1H3,(H,20,26)(H,24,25);4-7H,3,8H2,1-2H3,(H,23,24). The molecule has 8 aromatic heterocycles. The molecule has 660 valence electrons. The second kappa shape index (κ2) is 34.7. The smallest absolute Gasteiger partial charge is 0.497 e. The summed E-state index contributed by atoms with van der Waals surface area (Å²) in [4.78, 5) is 167. The summed E-state index contributed by atoms with van der Waals surface area (Å²) in [7, 11) is -2.90. The van der Waals surface area contributed by atoms with Crippen LogP contribution in [0.15, 0.2) is 257 Å². The third kappa shape index (κ3) is 16.7. The molecule has 1 aliphatic heterocycles. The number of alkyl halides is 3. The molecule has 4 amide bonds. The summed E-state index contributed by atoms with van der Waals surface area (Å²) in [5.74, 6) is -6.36. The van der Waals surface area contributed by atoms with Crippen molar-refractivity contribution in [2.24, 2.45) is 28.2 Å². The van der Waals surface area contributed by atoms with Crippen molar-refractivity contribution in [3.8, 4) is 22.8 Å². The van der Waals surface area contributed by atoms with E-state index in [4.69, 9.17) is 51.1 Å². The van der Waals surface area contributed by atoms with Gasteiger partial charge in [-0.15, -0.1) is 13.2 Å². The molecule has 0 spiro atoms. The van der Waals surface area contributed by atoms with E-state index >= 15 is 0 Å². The Bertz CT molecular complexity index is 8440. The number of carbonyl (C=O) groups is 6. The van der Waals surface area contributed by atoms with E-state index in [1.165, 1.54) is 99.2 Å². The first-order valence-corrected chi connectivity index (χ1v) is 42.5. The molecule has 9 aromatic carbocycles. The maximum Gasteiger partial charge on any atom is 0.573 e. The molecular formula is C87H61Cl4F3N14O20S2. The molecular weight excluding hydrogens is 1820 g/mol. The van der Waals surface area contributed by atoms with Crippen molar-refractivity contribution >= 4 is 195 Å². The number of anilines is 1. The zero-order chi connectivity index (χ0) is 93.3. The third-order valence-corrected chi connectivity index (χ3v) is 24.4. The van der Waals surface area contributed by atoms with Crippen LogP contribution < -0.4 is 52.8 Å². The molecule has 0 saturated heterocycles. The molecule has 0 radical (unpaired) electrons. The Morgan fingerprint density at radius 2 is 0.838 bits per heavy atom. The number of hydrogen-bond donors (Lipinski definition) is 7. The van der Waals surface area contributed by atoms with Crippen LogP contribution in [0.5, 0.6) is 5.75 Å². The molecule has 0 unspecified atom stereocenters. The number of benzene rings is 9. The van der Waals surface area contributed by atoms with Crippen LogP contribution in [0.2, 0.25) is 20.1 Å². The highest BCUT2D eigenvalue weighted by Crippen LogP contribution is 2.40. The third-order valence-electron chi connectivity index (χ3n) is 20.8. The number of halogens is 7. The lowest BCUT2D eigenvalue weighted by molar-refractivity contribution is -0.274. The number of fused-ring (bicyclic) bond motifs is 8. The highest BCUT2D eigenvalue weighted by atomic mass is 35.5. The lowest BCUT2D eigenvalue weighted by atomic mass is 10.1. The van der Waals surface area contributed by atoms with Gasteiger partial charge in [-0.25, -0.2) is 73.8 Å². The molecule has 18 rings (SSSR count). The summed E-state index contributed by atoms with van der Waals surface area (Å²) in [6.45, 7) is 2.08. The Labute approximate surface area is 745 Å². The van der Waals surface area contributed by atoms with Crippen molar-refractivity contribution < 1.29 is 78.5 Å². The predicted molar refractivity (Wildman–Crippen MR) is 478 cm³/mol. The molecule has 1 aliphatic rings. The van der Waals surface area contributed by atoms with Crippen molar-refractivity contribution in [3.63, 3.8) is 0 Å². The first kappa shape index (κ1) is 89.4. The van der Waals surface area contributed by atoms with Crippen LogP contribution >= 0.6 is 46.4 Å². The van der Waals surface area contributed by atoms with Gasteiger partial charge in [-0.1, -0.05) is 101 Å². The zero-order valence-corrected chi connectivity index (χ0v) is 72.0. The Kier molecular flexibility index (Phi) is 23.9. The van der Waals surface area contributed by atoms with Gasteiger partial charge in [0.15, 0.2) is 16.9 Å². The molecule has 17 aromatic rings. The van der Waals surface area contributed by atoms with E-state index in [2.05, 4.69) is 29.4 Å². The SMILES string of the molecule is CCOC1=CC(=O)N(c2c(C(=O)O)n(C)c3ccc(Cl)cc23)C(=O)C1.Cn1c(C(=O)NS(=O)(=O)c2ccc(OC(F)(F)F)cc2)c(-n2c(=O)[nH]c3ccccc3c2=O)c2cc(Cl)ccc21.Cn1c(C(=O)NS(=O)(=O)c2ccc3ccccc3c2)c(-n2c(=O)[nH]c3ccccc3c2=O)c2cc(Cl)ccc21.Cn1c(C(=O)O)c(-n2c(=O)[nH]c3cccnc3c2=O)c2cc(Cl)ccc21. The molecule has 0 atom stereocenters. The number of carboxylic acid groups (broad SMARTS) is 2. The van der Waals surface area contributed by atoms with Gasteiger partial charge in [-0.3, -0.25) is 33.6 Å². The number of hydrogen-bond acceptors (Lipinski definition) is 19. The first-order chi connectivity index (χ1) is 61.7. The fourth-order valence-electron chi connectivity index (χ4n) is 15.2. The summed E-state index contributed by atoms with van der Waals surface area (Å²) in [5, 5.41) is 23.7. The topological polar surface area (TPSA) is 454 Å². The number of carbonyl (C=O) groups excluding carboxylic acids is 4. The molecule has 34 nitrogen and oxygen atoms in total. The monoisotopic (exact) mass is 1880 g/mol. The second-order valence-corrected chi connectivity index (χ2v) is 33.8. The number of aromatic amines is 3. The van der Waals surface area contributed by atoms with Crippen LogP contribution in [0.1, 0.15) is 55.3 Å². The number of nitrogens with zero attached hydrogens (tertiary/aromatic N) is 9. The van der Waals surface area contributed by atoms with Gasteiger partial charge in [0.1, 0.15) is 22.9 Å². The van der Waals surface area contributed by atoms with E-state index in [0.717, 1.165) is 43.7 Å². The molecule has 43 heteroatoms. The van der Waals surface area contributed by atoms with Crippen LogP contribution in [-0.2, 0) is 62.6 Å². The number of nitrogens with one attached hydrogen (secondary N) is 5. The normalized spacial score (nSPS) is 12.4. The van der Waals surface area contributed by atoms with E-state index in [-0.39, 0.29) is 100 Å². The summed E-state index contributed by atoms with van der Waals surface area (Å²) in [5.41, 5.74) is -3.13. The molecule has 0 aliphatic carbocycles. The zero-order valence-electron chi connectivity index (χ0n) is 67.4. The predicted octanol–water partition coefficient (Wildman–Crippen LogP) is 12.6. The number of aromatic carboxylic acids is 2. The van der Waals surface area contributed by atoms with Crippen LogP contribution in [0, 0.1) is 0 Å². The number of sulfonamides is 2. The number of aryl methyl sites for hydroxylation is 4. The summed E-state index contributed by atoms with van der Waals surface area (Å²) in [6.07, 6.45) is -2.47. The van der Waals surface area contributed by atoms with Gasteiger partial charge in [-0.05, 0) is 163 Å². The van der Waals surface area contributed by atoms with Gasteiger partial charge in [0, 0.05) is 82.1 Å². The van der Waals surface area contributed by atoms with Crippen molar-refractivity contribution in [1.82, 2.24) is 61.3 Å². The van der Waals surface area contributed by atoms with E-state index in [0.29, 0.717) is 75.4 Å². The van der Waals surface area contributed by atoms with Gasteiger partial charge in [-0.2, -0.15) is 0 Å². The fourth-order valence-corrected chi connectivity index (χ4v) is 17.8. The average Bonchev–Trinajstić information content (AvgIpc) is 1.61. The summed E-state index contributed by atoms with van der Waals surface area (Å²) < 4.78 is 111. The van der Waals surface area contributed by atoms with Crippen LogP contribution in [-0.4, -0.2) is 127 Å². The highest BCUT2D eigenvalue weighted by molar-refractivity contribution is 7.90. The average molecular weight is 1890 g/mol. The summed E-state index contributed by atoms with van der Waals surface area (Å²) in [6, 6.07) is 49.4. The van der Waals surface area contributed by atoms with Crippen molar-refractivity contribution in [3.05, 3.63) is 324 Å². The quantitative estimate of drug-likeness (QED) is 0.0469. The van der Waals surface area contributed by atoms with E-state index in [9.17, 15) is 97.8 Å². The number of aromatic nitrogens is 11. The second-order valence-electron chi connectivity index (χ2n) is 28.7. The Balaban J connectivity index is 0.000000136. The van der Waals surface area contributed by atoms with Crippen LogP contribution in [0.25, 0.3) is 104 Å². The molecule has 0 bridgehead atoms. The number of rotatable bonds is 15. The van der Waals surface area contributed by atoms with Crippen molar-refractivity contribution in [2.45, 2.75) is 29.5 Å². The minimum Gasteiger partial charge on any atom is -0.497 e. The number of imide groups is 1. The molecule has 0 fully saturated rings. The lowest BCUT2D eigenvalue weighted by Crippen LogP contribution is -2.40. The fraction of sp³-hybridized carbons (Fsp3) is 0.0920. The molecule has 7 N–H and O–H groups in total. The van der Waals surface area contributed by atoms with Crippen LogP contribution in [0.3, 0.4) is 0 Å². The van der Waals surface area contributed by atoms with Gasteiger partial charge >= 0.3 is 35.4 Å². The number of pyridine rings is 1. The molecule has 130 heavy (non-hydrogen) atoms. The Hall–Kier alpha value is -15.4. The number of H-pyrrole nitrogens is 3. The van der Waals surface area contributed by atoms with E-state index in [1.54, 1.807) is 130 Å². The largest absolute Gasteiger partial charge is 0.573 e. The van der Waals surface area contributed by atoms with Gasteiger partial charge < -0.3 is 52.9 Å². The van der Waals surface area contributed by atoms with Crippen molar-refractivity contribution in [1.29, 1.82) is 0 Å². The van der Waals surface area contributed by atoms with Gasteiger partial charge in [0.2, 0.25) is 5.91 Å². The van der Waals surface area contributed by atoms with Gasteiger partial charge in [0.25, 0.3) is 54.4 Å². The van der Waals surface area contributed by atoms with E-state index in [1.807, 2.05) is 16.9 Å². The highest BCUT2D eigenvalue weighted by Gasteiger charge is 2.38. The number of ether oxygens (including phenoxy) is 2. The molecule has 0 saturated carbocycles. The maximum atomic E-state index is 13.7. The first-order valence-electron chi connectivity index (χ1n) is 38.0. The molecule has 9 heterocycles. The number of carboxylic acids is 2. The minimum absolute atomic E-state index is 0.0225. The summed E-state index contributed by atoms with van der Waals surface area (Å²) >= 11 is 24.5. The Morgan fingerprint density at radius 3 is 1.28 bits per heavy atom. The maximum absolute atomic E-state index is 13.7. The van der Waals surface area contributed by atoms with Gasteiger partial charge in [0.05, 0.1) is 95.0 Å². The lowest BCUT2D eigenvalue weighted by Gasteiger charge is -2.24. The number of amides is 4. The Morgan fingerprint density at radius 1 is 0.454 bits per heavy atom. The minimum atomic E-state index is -4.98.